The summed E-state index contributed by atoms with van der Waals surface area (Å²) in [5.41, 5.74) is 1.11. The van der Waals surface area contributed by atoms with E-state index < -0.39 is 0 Å². The van der Waals surface area contributed by atoms with Crippen LogP contribution in [0.15, 0.2) is 23.3 Å². The first-order chi connectivity index (χ1) is 12.7. The Balaban J connectivity index is 0.00000261. The van der Waals surface area contributed by atoms with E-state index in [1.165, 1.54) is 20.0 Å². The first kappa shape index (κ1) is 21.7. The lowest BCUT2D eigenvalue weighted by atomic mass is 9.97. The number of nitrogens with one attached hydrogen (secondary N) is 1. The third kappa shape index (κ3) is 6.51. The van der Waals surface area contributed by atoms with E-state index in [0.29, 0.717) is 18.3 Å². The highest BCUT2D eigenvalue weighted by Crippen LogP contribution is 2.29. The number of likely N-dealkylation sites (tertiary alicyclic amines) is 1. The molecule has 2 fully saturated rings. The Morgan fingerprint density at radius 1 is 1.33 bits per heavy atom. The van der Waals surface area contributed by atoms with Crippen molar-refractivity contribution in [2.24, 2.45) is 16.8 Å². The van der Waals surface area contributed by atoms with Crippen LogP contribution in [0.1, 0.15) is 31.2 Å². The van der Waals surface area contributed by atoms with Crippen LogP contribution < -0.4 is 10.1 Å². The molecule has 2 heterocycles. The van der Waals surface area contributed by atoms with Crippen molar-refractivity contribution < 1.29 is 14.3 Å². The summed E-state index contributed by atoms with van der Waals surface area (Å²) in [5.74, 6) is 2.14. The first-order valence-electron chi connectivity index (χ1n) is 9.30. The maximum Gasteiger partial charge on any atom is 0.308 e. The highest BCUT2D eigenvalue weighted by Gasteiger charge is 2.27. The molecule has 1 saturated carbocycles. The molecule has 1 aliphatic carbocycles. The fraction of sp³-hybridized carbons (Fsp3) is 0.632. The van der Waals surface area contributed by atoms with Gasteiger partial charge in [0, 0.05) is 38.9 Å². The van der Waals surface area contributed by atoms with Gasteiger partial charge in [-0.05, 0) is 43.2 Å². The van der Waals surface area contributed by atoms with Gasteiger partial charge in [-0.3, -0.25) is 9.79 Å². The van der Waals surface area contributed by atoms with Crippen LogP contribution in [-0.2, 0) is 16.1 Å². The average molecular weight is 488 g/mol. The number of rotatable bonds is 6. The number of carbonyl (C=O) groups excluding carboxylic acids is 1. The van der Waals surface area contributed by atoms with Gasteiger partial charge in [-0.2, -0.15) is 0 Å². The first-order valence-corrected chi connectivity index (χ1v) is 9.30. The van der Waals surface area contributed by atoms with Crippen LogP contribution >= 0.6 is 24.0 Å². The highest BCUT2D eigenvalue weighted by atomic mass is 127. The number of nitrogens with zero attached hydrogens (tertiary/aromatic N) is 3. The van der Waals surface area contributed by atoms with Crippen LogP contribution in [0.4, 0.5) is 0 Å². The van der Waals surface area contributed by atoms with Crippen molar-refractivity contribution in [3.63, 3.8) is 0 Å². The quantitative estimate of drug-likeness (QED) is 0.287. The largest absolute Gasteiger partial charge is 0.477 e. The molecule has 1 aliphatic heterocycles. The number of guanidine groups is 1. The Kier molecular flexibility index (Phi) is 8.59. The predicted octanol–water partition coefficient (Wildman–Crippen LogP) is 2.45. The summed E-state index contributed by atoms with van der Waals surface area (Å²) >= 11 is 0. The molecule has 2 aliphatic rings. The zero-order chi connectivity index (χ0) is 18.4. The van der Waals surface area contributed by atoms with E-state index >= 15 is 0 Å². The van der Waals surface area contributed by atoms with Gasteiger partial charge in [0.25, 0.3) is 0 Å². The number of piperidine rings is 1. The molecule has 8 heteroatoms. The number of hydrogen-bond donors (Lipinski definition) is 1. The molecule has 0 bridgehead atoms. The van der Waals surface area contributed by atoms with Crippen molar-refractivity contribution in [2.75, 3.05) is 33.9 Å². The van der Waals surface area contributed by atoms with Gasteiger partial charge in [-0.25, -0.2) is 4.98 Å². The van der Waals surface area contributed by atoms with Gasteiger partial charge < -0.3 is 19.7 Å². The smallest absolute Gasteiger partial charge is 0.308 e. The van der Waals surface area contributed by atoms with Gasteiger partial charge >= 0.3 is 5.97 Å². The fourth-order valence-electron chi connectivity index (χ4n) is 3.13. The second-order valence-electron chi connectivity index (χ2n) is 6.94. The minimum atomic E-state index is -0.108. The summed E-state index contributed by atoms with van der Waals surface area (Å²) in [6.07, 6.45) is 5.90. The third-order valence-electron chi connectivity index (χ3n) is 4.95. The predicted molar refractivity (Wildman–Crippen MR) is 114 cm³/mol. The van der Waals surface area contributed by atoms with Crippen molar-refractivity contribution in [3.05, 3.63) is 23.9 Å². The second kappa shape index (κ2) is 10.7. The number of ether oxygens (including phenoxy) is 2. The summed E-state index contributed by atoms with van der Waals surface area (Å²) in [5, 5.41) is 3.39. The molecule has 0 radical (unpaired) electrons. The number of aromatic nitrogens is 1. The topological polar surface area (TPSA) is 76.1 Å². The summed E-state index contributed by atoms with van der Waals surface area (Å²) in [4.78, 5) is 22.5. The Morgan fingerprint density at radius 2 is 2.07 bits per heavy atom. The van der Waals surface area contributed by atoms with E-state index in [2.05, 4.69) is 20.2 Å². The number of pyridine rings is 1. The molecule has 150 valence electrons. The summed E-state index contributed by atoms with van der Waals surface area (Å²) in [6, 6.07) is 3.96. The van der Waals surface area contributed by atoms with E-state index in [9.17, 15) is 4.79 Å². The van der Waals surface area contributed by atoms with Crippen LogP contribution in [-0.4, -0.2) is 55.7 Å². The SMILES string of the molecule is CN=C(NCc1ccnc(OCC2CC2)c1)N1CCC(C(=O)OC)CC1.I. The number of halogens is 1. The Morgan fingerprint density at radius 3 is 2.70 bits per heavy atom. The zero-order valence-corrected chi connectivity index (χ0v) is 18.3. The lowest BCUT2D eigenvalue weighted by Crippen LogP contribution is -2.46. The molecule has 1 aromatic heterocycles. The zero-order valence-electron chi connectivity index (χ0n) is 16.0. The minimum absolute atomic E-state index is 0. The molecule has 27 heavy (non-hydrogen) atoms. The summed E-state index contributed by atoms with van der Waals surface area (Å²) in [6.45, 7) is 3.02. The molecule has 1 aromatic rings. The van der Waals surface area contributed by atoms with E-state index in [-0.39, 0.29) is 35.9 Å². The van der Waals surface area contributed by atoms with Crippen molar-refractivity contribution in [2.45, 2.75) is 32.2 Å². The van der Waals surface area contributed by atoms with Crippen LogP contribution in [0.25, 0.3) is 0 Å². The van der Waals surface area contributed by atoms with E-state index in [0.717, 1.165) is 44.1 Å². The molecule has 3 rings (SSSR count). The second-order valence-corrected chi connectivity index (χ2v) is 6.94. The number of aliphatic imine (C=N–C) groups is 1. The van der Waals surface area contributed by atoms with Gasteiger partial charge in [0.15, 0.2) is 5.96 Å². The van der Waals surface area contributed by atoms with Crippen molar-refractivity contribution in [1.29, 1.82) is 0 Å². The molecule has 0 unspecified atom stereocenters. The minimum Gasteiger partial charge on any atom is -0.477 e. The standard InChI is InChI=1S/C19H28N4O3.HI/c1-20-19(23-9-6-16(7-10-23)18(24)25-2)22-12-15-5-8-21-17(11-15)26-13-14-3-4-14;/h5,8,11,14,16H,3-4,6-7,9-10,12-13H2,1-2H3,(H,20,22);1H. The van der Waals surface area contributed by atoms with Gasteiger partial charge in [-0.15, -0.1) is 24.0 Å². The highest BCUT2D eigenvalue weighted by molar-refractivity contribution is 14.0. The van der Waals surface area contributed by atoms with Gasteiger partial charge in [0.2, 0.25) is 5.88 Å². The molecular weight excluding hydrogens is 459 g/mol. The van der Waals surface area contributed by atoms with Crippen LogP contribution in [0.2, 0.25) is 0 Å². The Bertz CT molecular complexity index is 644. The lowest BCUT2D eigenvalue weighted by Gasteiger charge is -2.33. The molecule has 7 nitrogen and oxygen atoms in total. The van der Waals surface area contributed by atoms with Crippen molar-refractivity contribution >= 4 is 35.9 Å². The average Bonchev–Trinajstić information content (AvgIpc) is 3.51. The van der Waals surface area contributed by atoms with Crippen molar-refractivity contribution in [3.8, 4) is 5.88 Å². The van der Waals surface area contributed by atoms with E-state index in [4.69, 9.17) is 9.47 Å². The maximum absolute atomic E-state index is 11.7. The maximum atomic E-state index is 11.7. The van der Waals surface area contributed by atoms with E-state index in [1.807, 2.05) is 12.1 Å². The molecule has 0 atom stereocenters. The van der Waals surface area contributed by atoms with Crippen molar-refractivity contribution in [1.82, 2.24) is 15.2 Å². The normalized spacial score (nSPS) is 17.9. The monoisotopic (exact) mass is 488 g/mol. The summed E-state index contributed by atoms with van der Waals surface area (Å²) in [7, 11) is 3.23. The molecule has 1 N–H and O–H groups in total. The lowest BCUT2D eigenvalue weighted by molar-refractivity contribution is -0.146. The summed E-state index contributed by atoms with van der Waals surface area (Å²) < 4.78 is 10.6. The fourth-order valence-corrected chi connectivity index (χ4v) is 3.13. The Labute approximate surface area is 177 Å². The van der Waals surface area contributed by atoms with Gasteiger partial charge in [-0.1, -0.05) is 0 Å². The van der Waals surface area contributed by atoms with Gasteiger partial charge in [0.05, 0.1) is 19.6 Å². The van der Waals surface area contributed by atoms with Crippen LogP contribution in [0.5, 0.6) is 5.88 Å². The molecule has 0 spiro atoms. The van der Waals surface area contributed by atoms with Crippen LogP contribution in [0.3, 0.4) is 0 Å². The molecule has 1 saturated heterocycles. The third-order valence-corrected chi connectivity index (χ3v) is 4.95. The molecule has 0 aromatic carbocycles. The number of esters is 1. The number of hydrogen-bond acceptors (Lipinski definition) is 5. The van der Waals surface area contributed by atoms with Gasteiger partial charge in [0.1, 0.15) is 0 Å². The molecular formula is C19H29IN4O3. The number of methoxy groups -OCH3 is 1. The Hall–Kier alpha value is -1.58. The number of carbonyl (C=O) groups is 1. The van der Waals surface area contributed by atoms with Crippen LogP contribution in [0, 0.1) is 11.8 Å². The van der Waals surface area contributed by atoms with E-state index in [1.54, 1.807) is 13.2 Å². The molecule has 0 amide bonds.